The van der Waals surface area contributed by atoms with Crippen LogP contribution in [0.5, 0.6) is 11.5 Å². The Kier molecular flexibility index (Phi) is 7.02. The van der Waals surface area contributed by atoms with Crippen molar-refractivity contribution in [3.8, 4) is 11.5 Å². The van der Waals surface area contributed by atoms with E-state index in [2.05, 4.69) is 0 Å². The number of para-hydroxylation sites is 1. The third-order valence-electron chi connectivity index (χ3n) is 8.00. The van der Waals surface area contributed by atoms with Gasteiger partial charge in [-0.05, 0) is 65.7 Å². The first kappa shape index (κ1) is 27.0. The van der Waals surface area contributed by atoms with Crippen molar-refractivity contribution in [2.24, 2.45) is 17.8 Å². The molecule has 2 saturated heterocycles. The number of halogens is 1. The van der Waals surface area contributed by atoms with Crippen LogP contribution in [0.4, 0.5) is 11.4 Å². The number of carbonyl (C=O) groups excluding carboxylic acids is 2. The Labute approximate surface area is 240 Å². The molecule has 12 heteroatoms. The number of anilines is 1. The van der Waals surface area contributed by atoms with Gasteiger partial charge in [0.1, 0.15) is 18.1 Å². The van der Waals surface area contributed by atoms with Crippen molar-refractivity contribution >= 4 is 41.9 Å². The first-order valence-corrected chi connectivity index (χ1v) is 13.4. The maximum atomic E-state index is 13.9. The molecule has 2 aliphatic heterocycles. The number of allylic oxidation sites excluding steroid dienone is 1. The van der Waals surface area contributed by atoms with E-state index in [1.54, 1.807) is 18.2 Å². The van der Waals surface area contributed by atoms with Crippen LogP contribution in [0, 0.1) is 27.9 Å². The summed E-state index contributed by atoms with van der Waals surface area (Å²) in [4.78, 5) is 39.5. The lowest BCUT2D eigenvalue weighted by Crippen LogP contribution is -2.45. The number of nitrogens with zero attached hydrogens (tertiary/aromatic N) is 2. The molecule has 3 aliphatic rings. The van der Waals surface area contributed by atoms with Crippen LogP contribution in [0.2, 0.25) is 5.02 Å². The van der Waals surface area contributed by atoms with Crippen molar-refractivity contribution in [3.63, 3.8) is 0 Å². The summed E-state index contributed by atoms with van der Waals surface area (Å²) in [5.74, 6) is -2.56. The lowest BCUT2D eigenvalue weighted by atomic mass is 9.55. The normalized spacial score (nSPS) is 23.9. The van der Waals surface area contributed by atoms with Gasteiger partial charge in [-0.15, -0.1) is 0 Å². The molecule has 0 bridgehead atoms. The number of amides is 2. The average molecular weight is 575 g/mol. The summed E-state index contributed by atoms with van der Waals surface area (Å²) in [5, 5.41) is 32.7. The van der Waals surface area contributed by atoms with E-state index in [1.807, 2.05) is 18.2 Å². The second kappa shape index (κ2) is 10.7. The maximum Gasteiger partial charge on any atom is 0.487 e. The average Bonchev–Trinajstić information content (AvgIpc) is 3.21. The number of hydrogen-bond donors (Lipinski definition) is 2. The topological polar surface area (TPSA) is 139 Å². The first-order chi connectivity index (χ1) is 19.7. The fraction of sp³-hybridized carbons (Fsp3) is 0.241. The van der Waals surface area contributed by atoms with Gasteiger partial charge in [0.05, 0.1) is 28.6 Å². The van der Waals surface area contributed by atoms with Gasteiger partial charge in [0.15, 0.2) is 0 Å². The smallest absolute Gasteiger partial charge is 0.487 e. The van der Waals surface area contributed by atoms with Crippen molar-refractivity contribution in [3.05, 3.63) is 105 Å². The molecule has 6 rings (SSSR count). The van der Waals surface area contributed by atoms with Gasteiger partial charge in [0, 0.05) is 17.2 Å². The summed E-state index contributed by atoms with van der Waals surface area (Å²) in [5.41, 5.74) is 1.56. The number of phenolic OH excluding ortho intramolecular Hbond substituents is 1. The minimum absolute atomic E-state index is 0.0297. The van der Waals surface area contributed by atoms with E-state index in [9.17, 15) is 29.8 Å². The number of ether oxygens (including phenoxy) is 1. The van der Waals surface area contributed by atoms with Crippen LogP contribution in [0.25, 0.3) is 0 Å². The second-order valence-electron chi connectivity index (χ2n) is 10.3. The van der Waals surface area contributed by atoms with E-state index in [-0.39, 0.29) is 41.6 Å². The number of phenols is 1. The van der Waals surface area contributed by atoms with Crippen LogP contribution in [-0.2, 0) is 14.2 Å². The van der Waals surface area contributed by atoms with E-state index in [4.69, 9.17) is 21.0 Å². The van der Waals surface area contributed by atoms with Gasteiger partial charge >= 0.3 is 7.12 Å². The number of fused-ring (bicyclic) bond motifs is 3. The van der Waals surface area contributed by atoms with Crippen LogP contribution in [0.1, 0.15) is 24.5 Å². The maximum absolute atomic E-state index is 13.9. The minimum Gasteiger partial charge on any atom is -0.508 e. The largest absolute Gasteiger partial charge is 0.508 e. The quantitative estimate of drug-likeness (QED) is 0.188. The summed E-state index contributed by atoms with van der Waals surface area (Å²) in [6.07, 6.45) is -0.337. The van der Waals surface area contributed by atoms with Crippen LogP contribution in [-0.4, -0.2) is 40.6 Å². The number of carbonyl (C=O) groups is 2. The third-order valence-corrected chi connectivity index (χ3v) is 8.32. The molecule has 3 aromatic carbocycles. The molecule has 208 valence electrons. The number of benzene rings is 3. The van der Waals surface area contributed by atoms with Crippen LogP contribution >= 0.6 is 11.6 Å². The van der Waals surface area contributed by atoms with Crippen LogP contribution in [0.3, 0.4) is 0 Å². The fourth-order valence-electron chi connectivity index (χ4n) is 6.21. The highest BCUT2D eigenvalue weighted by Crippen LogP contribution is 2.52. The molecule has 4 atom stereocenters. The lowest BCUT2D eigenvalue weighted by molar-refractivity contribution is -0.384. The second-order valence-corrected chi connectivity index (χ2v) is 10.7. The van der Waals surface area contributed by atoms with E-state index in [1.165, 1.54) is 36.4 Å². The van der Waals surface area contributed by atoms with Crippen LogP contribution < -0.4 is 9.64 Å². The summed E-state index contributed by atoms with van der Waals surface area (Å²) < 4.78 is 12.0. The van der Waals surface area contributed by atoms with Gasteiger partial charge in [0.2, 0.25) is 11.8 Å². The molecular formula is C29H24BClN2O8. The van der Waals surface area contributed by atoms with E-state index in [0.29, 0.717) is 22.4 Å². The SMILES string of the molecule is O=C1[C@H]2[C@H](CC(COc3ccccc3)=C3B(O)O[C@H](c4ccc(O)cc4Cl)C[C@H]32)C(=O)N1c1cccc([N+](=O)[O-])c1. The molecule has 3 aromatic rings. The number of nitro groups is 1. The third kappa shape index (κ3) is 4.86. The number of non-ortho nitro benzene ring substituents is 1. The number of imide groups is 1. The van der Waals surface area contributed by atoms with Gasteiger partial charge in [-0.3, -0.25) is 19.7 Å². The highest BCUT2D eigenvalue weighted by molar-refractivity contribution is 6.53. The Morgan fingerprint density at radius 1 is 1.05 bits per heavy atom. The fourth-order valence-corrected chi connectivity index (χ4v) is 6.50. The van der Waals surface area contributed by atoms with E-state index in [0.717, 1.165) is 4.90 Å². The van der Waals surface area contributed by atoms with Gasteiger partial charge < -0.3 is 19.5 Å². The summed E-state index contributed by atoms with van der Waals surface area (Å²) >= 11 is 6.40. The number of nitro benzene ring substituents is 1. The molecule has 10 nitrogen and oxygen atoms in total. The monoisotopic (exact) mass is 574 g/mol. The Balaban J connectivity index is 1.39. The Morgan fingerprint density at radius 3 is 2.56 bits per heavy atom. The standard InChI is InChI=1S/C29H24BClN2O8/c31-24-13-19(34)9-10-21(24)25-14-22-26-23(28(35)32(29(26)36)17-5-4-6-18(12-17)33(38)39)11-16(27(22)30(37)41-25)15-40-20-7-2-1-3-8-20/h1-10,12-13,22-23,25-26,34,37H,11,14-15H2/t22-,23-,25-,26+/m0/s1. The molecule has 0 aromatic heterocycles. The van der Waals surface area contributed by atoms with E-state index >= 15 is 0 Å². The molecule has 2 fully saturated rings. The summed E-state index contributed by atoms with van der Waals surface area (Å²) in [6.45, 7) is 0.0718. The molecule has 0 saturated carbocycles. The Hall–Kier alpha value is -4.19. The highest BCUT2D eigenvalue weighted by atomic mass is 35.5. The molecule has 2 N–H and O–H groups in total. The predicted octanol–water partition coefficient (Wildman–Crippen LogP) is 4.64. The van der Waals surface area contributed by atoms with Crippen molar-refractivity contribution in [2.45, 2.75) is 18.9 Å². The highest BCUT2D eigenvalue weighted by Gasteiger charge is 2.58. The van der Waals surface area contributed by atoms with Crippen molar-refractivity contribution in [2.75, 3.05) is 11.5 Å². The molecule has 0 spiro atoms. The first-order valence-electron chi connectivity index (χ1n) is 13.1. The number of hydrogen-bond acceptors (Lipinski definition) is 8. The van der Waals surface area contributed by atoms with Crippen LogP contribution in [0.15, 0.2) is 83.8 Å². The van der Waals surface area contributed by atoms with Crippen molar-refractivity contribution in [1.82, 2.24) is 0 Å². The Morgan fingerprint density at radius 2 is 1.83 bits per heavy atom. The zero-order chi connectivity index (χ0) is 28.8. The molecule has 0 radical (unpaired) electrons. The molecule has 41 heavy (non-hydrogen) atoms. The number of rotatable bonds is 6. The molecule has 2 heterocycles. The summed E-state index contributed by atoms with van der Waals surface area (Å²) in [6, 6.07) is 18.9. The minimum atomic E-state index is -1.39. The summed E-state index contributed by atoms with van der Waals surface area (Å²) in [7, 11) is -1.39. The molecule has 2 amide bonds. The molecule has 0 unspecified atom stereocenters. The number of aromatic hydroxyl groups is 1. The van der Waals surface area contributed by atoms with Gasteiger partial charge in [-0.1, -0.05) is 41.9 Å². The Bertz CT molecular complexity index is 1580. The van der Waals surface area contributed by atoms with Gasteiger partial charge in [0.25, 0.3) is 5.69 Å². The van der Waals surface area contributed by atoms with Crippen molar-refractivity contribution < 1.29 is 34.0 Å². The zero-order valence-corrected chi connectivity index (χ0v) is 22.3. The molecule has 1 aliphatic carbocycles. The molecular weight excluding hydrogens is 551 g/mol. The van der Waals surface area contributed by atoms with E-state index < -0.39 is 47.7 Å². The van der Waals surface area contributed by atoms with Crippen molar-refractivity contribution in [1.29, 1.82) is 0 Å². The van der Waals surface area contributed by atoms with Gasteiger partial charge in [-0.25, -0.2) is 4.90 Å². The predicted molar refractivity (Wildman–Crippen MR) is 149 cm³/mol. The lowest BCUT2D eigenvalue weighted by Gasteiger charge is -2.42. The zero-order valence-electron chi connectivity index (χ0n) is 21.6. The van der Waals surface area contributed by atoms with Gasteiger partial charge in [-0.2, -0.15) is 0 Å².